The van der Waals surface area contributed by atoms with Crippen molar-refractivity contribution in [1.29, 1.82) is 0 Å². The predicted octanol–water partition coefficient (Wildman–Crippen LogP) is 4.07. The summed E-state index contributed by atoms with van der Waals surface area (Å²) in [6.07, 6.45) is 3.66. The van der Waals surface area contributed by atoms with Crippen molar-refractivity contribution in [1.82, 2.24) is 25.1 Å². The summed E-state index contributed by atoms with van der Waals surface area (Å²) in [6.45, 7) is 4.24. The summed E-state index contributed by atoms with van der Waals surface area (Å²) in [5.74, 6) is -0.242. The number of benzene rings is 1. The lowest BCUT2D eigenvalue weighted by Crippen LogP contribution is -2.28. The number of nitrogens with one attached hydrogen (secondary N) is 2. The van der Waals surface area contributed by atoms with Crippen LogP contribution >= 0.6 is 12.4 Å². The number of aryl methyl sites for hydroxylation is 1. The minimum Gasteiger partial charge on any atom is -0.346 e. The molecule has 0 fully saturated rings. The first-order chi connectivity index (χ1) is 12.7. The quantitative estimate of drug-likeness (QED) is 0.548. The number of fused-ring (bicyclic) bond motifs is 2. The van der Waals surface area contributed by atoms with Gasteiger partial charge in [0, 0.05) is 42.0 Å². The number of pyridine rings is 1. The van der Waals surface area contributed by atoms with E-state index in [1.54, 1.807) is 12.3 Å². The molecule has 1 aliphatic rings. The van der Waals surface area contributed by atoms with Crippen LogP contribution in [0.5, 0.6) is 0 Å². The third kappa shape index (κ3) is 2.81. The summed E-state index contributed by atoms with van der Waals surface area (Å²) in [7, 11) is 0. The van der Waals surface area contributed by atoms with Gasteiger partial charge in [-0.15, -0.1) is 12.4 Å². The largest absolute Gasteiger partial charge is 0.346 e. The van der Waals surface area contributed by atoms with Crippen LogP contribution < -0.4 is 5.32 Å². The molecular formula is C20H19ClFN5. The van der Waals surface area contributed by atoms with Crippen LogP contribution in [0.3, 0.4) is 0 Å². The number of H-pyrrole nitrogens is 1. The number of aromatic amines is 1. The topological polar surface area (TPSA) is 58.5 Å². The van der Waals surface area contributed by atoms with Crippen molar-refractivity contribution in [2.75, 3.05) is 6.54 Å². The Morgan fingerprint density at radius 2 is 2.04 bits per heavy atom. The first-order valence-corrected chi connectivity index (χ1v) is 8.72. The first-order valence-electron chi connectivity index (χ1n) is 8.72. The van der Waals surface area contributed by atoms with Crippen LogP contribution in [0.4, 0.5) is 4.39 Å². The smallest absolute Gasteiger partial charge is 0.137 e. The van der Waals surface area contributed by atoms with Gasteiger partial charge in [-0.1, -0.05) is 6.07 Å². The van der Waals surface area contributed by atoms with Crippen molar-refractivity contribution >= 4 is 23.4 Å². The zero-order valence-electron chi connectivity index (χ0n) is 14.8. The van der Waals surface area contributed by atoms with Gasteiger partial charge in [0.2, 0.25) is 0 Å². The lowest BCUT2D eigenvalue weighted by Gasteiger charge is -2.16. The maximum atomic E-state index is 14.8. The number of hydrogen-bond acceptors (Lipinski definition) is 3. The fourth-order valence-corrected chi connectivity index (χ4v) is 3.72. The molecule has 0 saturated carbocycles. The molecule has 1 aromatic carbocycles. The normalized spacial score (nSPS) is 13.4. The summed E-state index contributed by atoms with van der Waals surface area (Å²) < 4.78 is 16.8. The highest BCUT2D eigenvalue weighted by Crippen LogP contribution is 2.39. The fraction of sp³-hybridized carbons (Fsp3) is 0.200. The Balaban J connectivity index is 0.00000180. The maximum Gasteiger partial charge on any atom is 0.137 e. The second-order valence-corrected chi connectivity index (χ2v) is 6.65. The number of aromatic nitrogens is 4. The van der Waals surface area contributed by atoms with Crippen molar-refractivity contribution in [3.05, 3.63) is 59.8 Å². The van der Waals surface area contributed by atoms with E-state index in [1.165, 1.54) is 0 Å². The fourth-order valence-electron chi connectivity index (χ4n) is 3.72. The van der Waals surface area contributed by atoms with E-state index in [2.05, 4.69) is 15.3 Å². The summed E-state index contributed by atoms with van der Waals surface area (Å²) >= 11 is 0. The molecule has 0 unspecified atom stereocenters. The van der Waals surface area contributed by atoms with Crippen molar-refractivity contribution in [2.45, 2.75) is 20.0 Å². The van der Waals surface area contributed by atoms with Crippen LogP contribution in [0.1, 0.15) is 11.3 Å². The van der Waals surface area contributed by atoms with Crippen molar-refractivity contribution in [3.8, 4) is 22.4 Å². The molecule has 2 N–H and O–H groups in total. The van der Waals surface area contributed by atoms with Crippen molar-refractivity contribution < 1.29 is 4.39 Å². The van der Waals surface area contributed by atoms with Crippen LogP contribution in [0, 0.1) is 12.7 Å². The summed E-state index contributed by atoms with van der Waals surface area (Å²) in [6, 6.07) is 9.31. The van der Waals surface area contributed by atoms with Crippen LogP contribution in [-0.2, 0) is 13.1 Å². The molecule has 0 aliphatic carbocycles. The predicted molar refractivity (Wildman–Crippen MR) is 106 cm³/mol. The Bertz CT molecular complexity index is 1130. The van der Waals surface area contributed by atoms with E-state index in [1.807, 2.05) is 42.1 Å². The molecule has 0 atom stereocenters. The highest BCUT2D eigenvalue weighted by Gasteiger charge is 2.25. The van der Waals surface area contributed by atoms with E-state index < -0.39 is 0 Å². The maximum absolute atomic E-state index is 14.8. The van der Waals surface area contributed by atoms with Gasteiger partial charge in [0.05, 0.1) is 12.2 Å². The van der Waals surface area contributed by atoms with E-state index >= 15 is 0 Å². The van der Waals surface area contributed by atoms with Gasteiger partial charge in [0.15, 0.2) is 0 Å². The SMILES string of the molecule is Cc1ccc(-c2nn3c(c2-c2ccnc4[nH]ccc24)CNCC3)c(F)c1.Cl. The van der Waals surface area contributed by atoms with E-state index in [0.717, 1.165) is 46.5 Å². The third-order valence-corrected chi connectivity index (χ3v) is 4.96. The molecule has 7 heteroatoms. The highest BCUT2D eigenvalue weighted by atomic mass is 35.5. The lowest BCUT2D eigenvalue weighted by atomic mass is 9.96. The molecule has 0 saturated heterocycles. The molecule has 138 valence electrons. The molecule has 4 aromatic rings. The van der Waals surface area contributed by atoms with Gasteiger partial charge in [0.25, 0.3) is 0 Å². The average molecular weight is 384 g/mol. The van der Waals surface area contributed by atoms with Crippen molar-refractivity contribution in [3.63, 3.8) is 0 Å². The van der Waals surface area contributed by atoms with Gasteiger partial charge in [-0.05, 0) is 42.3 Å². The van der Waals surface area contributed by atoms with Gasteiger partial charge >= 0.3 is 0 Å². The summed E-state index contributed by atoms with van der Waals surface area (Å²) in [4.78, 5) is 7.53. The number of nitrogens with zero attached hydrogens (tertiary/aromatic N) is 3. The zero-order chi connectivity index (χ0) is 17.7. The van der Waals surface area contributed by atoms with E-state index in [0.29, 0.717) is 17.8 Å². The van der Waals surface area contributed by atoms with Gasteiger partial charge < -0.3 is 10.3 Å². The molecular weight excluding hydrogens is 365 g/mol. The van der Waals surface area contributed by atoms with Gasteiger partial charge in [0.1, 0.15) is 17.2 Å². The second kappa shape index (κ2) is 6.79. The van der Waals surface area contributed by atoms with Gasteiger partial charge in [-0.2, -0.15) is 5.10 Å². The molecule has 3 aromatic heterocycles. The van der Waals surface area contributed by atoms with Crippen LogP contribution in [-0.4, -0.2) is 26.3 Å². The molecule has 5 nitrogen and oxygen atoms in total. The average Bonchev–Trinajstić information content (AvgIpc) is 3.26. The zero-order valence-corrected chi connectivity index (χ0v) is 15.6. The molecule has 1 aliphatic heterocycles. The van der Waals surface area contributed by atoms with Crippen LogP contribution in [0.25, 0.3) is 33.4 Å². The molecule has 0 amide bonds. The number of rotatable bonds is 2. The van der Waals surface area contributed by atoms with E-state index in [-0.39, 0.29) is 18.2 Å². The molecule has 4 heterocycles. The first kappa shape index (κ1) is 17.7. The number of halogens is 2. The molecule has 0 radical (unpaired) electrons. The molecule has 27 heavy (non-hydrogen) atoms. The lowest BCUT2D eigenvalue weighted by molar-refractivity contribution is 0.477. The monoisotopic (exact) mass is 383 g/mol. The Morgan fingerprint density at radius 3 is 2.89 bits per heavy atom. The minimum atomic E-state index is -0.242. The Hall–Kier alpha value is -2.70. The van der Waals surface area contributed by atoms with Crippen molar-refractivity contribution in [2.24, 2.45) is 0 Å². The molecule has 5 rings (SSSR count). The summed E-state index contributed by atoms with van der Waals surface area (Å²) in [5.41, 5.74) is 6.03. The molecule has 0 bridgehead atoms. The number of hydrogen-bond donors (Lipinski definition) is 2. The Morgan fingerprint density at radius 1 is 1.15 bits per heavy atom. The Labute approximate surface area is 162 Å². The standard InChI is InChI=1S/C20H18FN5.ClH/c1-12-2-3-15(16(21)10-12)19-18(17-11-22-8-9-26(17)25-19)13-4-6-23-20-14(13)5-7-24-20;/h2-7,10,22H,8-9,11H2,1H3,(H,23,24);1H. The highest BCUT2D eigenvalue weighted by molar-refractivity contribution is 5.98. The second-order valence-electron chi connectivity index (χ2n) is 6.65. The summed E-state index contributed by atoms with van der Waals surface area (Å²) in [5, 5.41) is 9.20. The minimum absolute atomic E-state index is 0. The molecule has 0 spiro atoms. The van der Waals surface area contributed by atoms with E-state index in [9.17, 15) is 4.39 Å². The van der Waals surface area contributed by atoms with Gasteiger partial charge in [-0.3, -0.25) is 4.68 Å². The van der Waals surface area contributed by atoms with E-state index in [4.69, 9.17) is 5.10 Å². The Kier molecular flexibility index (Phi) is 4.45. The van der Waals surface area contributed by atoms with Crippen LogP contribution in [0.2, 0.25) is 0 Å². The van der Waals surface area contributed by atoms with Crippen LogP contribution in [0.15, 0.2) is 42.7 Å². The third-order valence-electron chi connectivity index (χ3n) is 4.96. The van der Waals surface area contributed by atoms with Gasteiger partial charge in [-0.25, -0.2) is 9.37 Å².